The van der Waals surface area contributed by atoms with Gasteiger partial charge in [0.2, 0.25) is 0 Å². The van der Waals surface area contributed by atoms with Gasteiger partial charge in [0.25, 0.3) is 0 Å². The first-order valence-electron chi connectivity index (χ1n) is 14.5. The molecule has 1 atom stereocenters. The molecule has 216 valence electrons. The first-order valence-corrected chi connectivity index (χ1v) is 14.5. The standard InChI is InChI=1S/C34H33N7O2/c1-22-20-42-15-14-40(22)32-17-31(37-34(38-32)29-10-7-11-30-28(29)12-13-36-30)33-23(2)39-41(24(33)3)26-16-27(19-35-18-26)43-21-25-8-5-4-6-9-25/h4-13,16-19,22,36H,14-15,20-21H2,1-3H3/t22-/m1/s1. The number of pyridine rings is 1. The van der Waals surface area contributed by atoms with Crippen molar-refractivity contribution >= 4 is 16.7 Å². The number of nitrogens with zero attached hydrogens (tertiary/aromatic N) is 6. The van der Waals surface area contributed by atoms with Gasteiger partial charge in [0.15, 0.2) is 5.82 Å². The average Bonchev–Trinajstić information content (AvgIpc) is 3.64. The highest BCUT2D eigenvalue weighted by molar-refractivity contribution is 5.93. The number of aromatic nitrogens is 6. The van der Waals surface area contributed by atoms with Gasteiger partial charge in [0, 0.05) is 46.9 Å². The van der Waals surface area contributed by atoms with Crippen molar-refractivity contribution in [2.24, 2.45) is 0 Å². The normalized spacial score (nSPS) is 15.2. The number of aromatic amines is 1. The Labute approximate surface area is 250 Å². The molecule has 1 fully saturated rings. The highest BCUT2D eigenvalue weighted by atomic mass is 16.5. The molecule has 1 aliphatic heterocycles. The quantitative estimate of drug-likeness (QED) is 0.241. The van der Waals surface area contributed by atoms with E-state index in [4.69, 9.17) is 24.5 Å². The Balaban J connectivity index is 1.30. The van der Waals surface area contributed by atoms with Crippen LogP contribution in [-0.2, 0) is 11.3 Å². The maximum atomic E-state index is 6.06. The van der Waals surface area contributed by atoms with Gasteiger partial charge < -0.3 is 19.4 Å². The van der Waals surface area contributed by atoms with Gasteiger partial charge in [-0.15, -0.1) is 0 Å². The molecule has 9 heteroatoms. The second-order valence-electron chi connectivity index (χ2n) is 10.9. The molecule has 0 amide bonds. The van der Waals surface area contributed by atoms with Crippen molar-refractivity contribution in [3.05, 3.63) is 102 Å². The lowest BCUT2D eigenvalue weighted by molar-refractivity contribution is 0.0985. The summed E-state index contributed by atoms with van der Waals surface area (Å²) in [5.41, 5.74) is 7.60. The van der Waals surface area contributed by atoms with E-state index < -0.39 is 0 Å². The molecule has 0 unspecified atom stereocenters. The van der Waals surface area contributed by atoms with Crippen LogP contribution in [0.15, 0.2) is 85.3 Å². The van der Waals surface area contributed by atoms with Crippen molar-refractivity contribution in [2.45, 2.75) is 33.4 Å². The number of anilines is 1. The first kappa shape index (κ1) is 26.9. The molecule has 0 bridgehead atoms. The molecule has 43 heavy (non-hydrogen) atoms. The summed E-state index contributed by atoms with van der Waals surface area (Å²) in [7, 11) is 0. The summed E-state index contributed by atoms with van der Waals surface area (Å²) in [4.78, 5) is 20.3. The van der Waals surface area contributed by atoms with Crippen molar-refractivity contribution in [3.63, 3.8) is 0 Å². The lowest BCUT2D eigenvalue weighted by Crippen LogP contribution is -2.44. The third kappa shape index (κ3) is 5.23. The van der Waals surface area contributed by atoms with Crippen LogP contribution >= 0.6 is 0 Å². The molecule has 4 aromatic heterocycles. The number of hydrogen-bond acceptors (Lipinski definition) is 7. The van der Waals surface area contributed by atoms with Crippen molar-refractivity contribution in [1.29, 1.82) is 0 Å². The lowest BCUT2D eigenvalue weighted by Gasteiger charge is -2.34. The molecule has 2 aromatic carbocycles. The van der Waals surface area contributed by atoms with Gasteiger partial charge >= 0.3 is 0 Å². The van der Waals surface area contributed by atoms with E-state index in [2.05, 4.69) is 53.0 Å². The summed E-state index contributed by atoms with van der Waals surface area (Å²) < 4.78 is 13.7. The largest absolute Gasteiger partial charge is 0.487 e. The van der Waals surface area contributed by atoms with Crippen LogP contribution < -0.4 is 9.64 Å². The van der Waals surface area contributed by atoms with E-state index in [1.807, 2.05) is 60.3 Å². The van der Waals surface area contributed by atoms with Crippen molar-refractivity contribution in [3.8, 4) is 34.1 Å². The van der Waals surface area contributed by atoms with Crippen LogP contribution in [-0.4, -0.2) is 55.5 Å². The van der Waals surface area contributed by atoms with Gasteiger partial charge in [-0.25, -0.2) is 14.6 Å². The summed E-state index contributed by atoms with van der Waals surface area (Å²) >= 11 is 0. The van der Waals surface area contributed by atoms with Crippen LogP contribution in [0, 0.1) is 13.8 Å². The van der Waals surface area contributed by atoms with Crippen LogP contribution in [0.25, 0.3) is 39.2 Å². The molecule has 7 rings (SSSR count). The van der Waals surface area contributed by atoms with Crippen LogP contribution in [0.3, 0.4) is 0 Å². The highest BCUT2D eigenvalue weighted by Gasteiger charge is 2.25. The third-order valence-corrected chi connectivity index (χ3v) is 7.95. The Morgan fingerprint density at radius 1 is 1.00 bits per heavy atom. The number of H-pyrrole nitrogens is 1. The van der Waals surface area contributed by atoms with Crippen molar-refractivity contribution in [1.82, 2.24) is 29.7 Å². The zero-order valence-corrected chi connectivity index (χ0v) is 24.5. The molecule has 1 saturated heterocycles. The average molecular weight is 572 g/mol. The molecule has 5 heterocycles. The van der Waals surface area contributed by atoms with Crippen LogP contribution in [0.5, 0.6) is 5.75 Å². The van der Waals surface area contributed by atoms with E-state index in [0.717, 1.165) is 62.7 Å². The molecule has 1 N–H and O–H groups in total. The number of morpholine rings is 1. The first-order chi connectivity index (χ1) is 21.0. The zero-order chi connectivity index (χ0) is 29.3. The predicted octanol–water partition coefficient (Wildman–Crippen LogP) is 6.29. The fourth-order valence-electron chi connectivity index (χ4n) is 5.79. The van der Waals surface area contributed by atoms with Crippen LogP contribution in [0.1, 0.15) is 23.9 Å². The number of benzene rings is 2. The van der Waals surface area contributed by atoms with Gasteiger partial charge in [-0.3, -0.25) is 4.98 Å². The van der Waals surface area contributed by atoms with E-state index in [9.17, 15) is 0 Å². The fourth-order valence-corrected chi connectivity index (χ4v) is 5.79. The summed E-state index contributed by atoms with van der Waals surface area (Å²) in [6.45, 7) is 8.82. The number of rotatable bonds is 7. The SMILES string of the molecule is Cc1nn(-c2cncc(OCc3ccccc3)c2)c(C)c1-c1cc(N2CCOC[C@H]2C)nc(-c2cccc3[nH]ccc23)n1. The second-order valence-corrected chi connectivity index (χ2v) is 10.9. The smallest absolute Gasteiger partial charge is 0.162 e. The second kappa shape index (κ2) is 11.3. The zero-order valence-electron chi connectivity index (χ0n) is 24.5. The van der Waals surface area contributed by atoms with Gasteiger partial charge in [-0.2, -0.15) is 5.10 Å². The fraction of sp³-hybridized carbons (Fsp3) is 0.235. The molecule has 6 aromatic rings. The minimum atomic E-state index is 0.196. The Bertz CT molecular complexity index is 1900. The highest BCUT2D eigenvalue weighted by Crippen LogP contribution is 2.34. The predicted molar refractivity (Wildman–Crippen MR) is 168 cm³/mol. The van der Waals surface area contributed by atoms with Gasteiger partial charge in [-0.1, -0.05) is 42.5 Å². The van der Waals surface area contributed by atoms with E-state index in [0.29, 0.717) is 31.4 Å². The number of hydrogen-bond donors (Lipinski definition) is 1. The minimum Gasteiger partial charge on any atom is -0.487 e. The number of aryl methyl sites for hydroxylation is 1. The molecular weight excluding hydrogens is 538 g/mol. The Morgan fingerprint density at radius 3 is 2.74 bits per heavy atom. The molecule has 0 saturated carbocycles. The molecular formula is C34H33N7O2. The number of ether oxygens (including phenoxy) is 2. The van der Waals surface area contributed by atoms with Gasteiger partial charge in [-0.05, 0) is 38.5 Å². The molecule has 0 radical (unpaired) electrons. The molecule has 1 aliphatic rings. The Morgan fingerprint density at radius 2 is 1.88 bits per heavy atom. The summed E-state index contributed by atoms with van der Waals surface area (Å²) in [6, 6.07) is 22.6. The van der Waals surface area contributed by atoms with Gasteiger partial charge in [0.1, 0.15) is 18.2 Å². The van der Waals surface area contributed by atoms with E-state index in [-0.39, 0.29) is 6.04 Å². The summed E-state index contributed by atoms with van der Waals surface area (Å²) in [5, 5.41) is 6.03. The summed E-state index contributed by atoms with van der Waals surface area (Å²) in [5.74, 6) is 2.25. The Hall–Kier alpha value is -5.02. The van der Waals surface area contributed by atoms with Crippen molar-refractivity contribution < 1.29 is 9.47 Å². The third-order valence-electron chi connectivity index (χ3n) is 7.95. The maximum Gasteiger partial charge on any atom is 0.162 e. The Kier molecular flexibility index (Phi) is 7.08. The molecule has 9 nitrogen and oxygen atoms in total. The summed E-state index contributed by atoms with van der Waals surface area (Å²) in [6.07, 6.45) is 5.48. The molecule has 0 spiro atoms. The topological polar surface area (TPSA) is 94.0 Å². The van der Waals surface area contributed by atoms with E-state index in [1.165, 1.54) is 0 Å². The lowest BCUT2D eigenvalue weighted by atomic mass is 10.1. The van der Waals surface area contributed by atoms with Crippen LogP contribution in [0.2, 0.25) is 0 Å². The number of nitrogens with one attached hydrogen (secondary N) is 1. The number of fused-ring (bicyclic) bond motifs is 1. The van der Waals surface area contributed by atoms with E-state index in [1.54, 1.807) is 12.4 Å². The van der Waals surface area contributed by atoms with Crippen molar-refractivity contribution in [2.75, 3.05) is 24.7 Å². The maximum absolute atomic E-state index is 6.06. The molecule has 0 aliphatic carbocycles. The monoisotopic (exact) mass is 571 g/mol. The minimum absolute atomic E-state index is 0.196. The van der Waals surface area contributed by atoms with Gasteiger partial charge in [0.05, 0.1) is 54.4 Å². The van der Waals surface area contributed by atoms with E-state index >= 15 is 0 Å². The van der Waals surface area contributed by atoms with Crippen LogP contribution in [0.4, 0.5) is 5.82 Å².